The van der Waals surface area contributed by atoms with Crippen molar-refractivity contribution in [3.63, 3.8) is 0 Å². The van der Waals surface area contributed by atoms with Gasteiger partial charge in [0, 0.05) is 11.6 Å². The number of allylic oxidation sites excluding steroid dienone is 1. The lowest BCUT2D eigenvalue weighted by atomic mass is 10.2. The van der Waals surface area contributed by atoms with E-state index in [4.69, 9.17) is 10.4 Å². The number of hydrogen-bond donors (Lipinski definition) is 1. The number of nitrogens with zero attached hydrogens (tertiary/aromatic N) is 3. The van der Waals surface area contributed by atoms with Crippen molar-refractivity contribution in [1.29, 1.82) is 5.26 Å². The van der Waals surface area contributed by atoms with Crippen LogP contribution < -0.4 is 0 Å². The second-order valence-electron chi connectivity index (χ2n) is 2.91. The van der Waals surface area contributed by atoms with E-state index < -0.39 is 0 Å². The Hall–Kier alpha value is -2.41. The molecular weight excluding hydrogens is 190 g/mol. The number of aromatic nitrogens is 2. The smallest absolute Gasteiger partial charge is 0.173 e. The van der Waals surface area contributed by atoms with Gasteiger partial charge in [0.1, 0.15) is 17.9 Å². The Bertz CT molecular complexity index is 569. The third-order valence-corrected chi connectivity index (χ3v) is 1.98. The van der Waals surface area contributed by atoms with E-state index in [1.807, 2.05) is 30.3 Å². The number of hydrogen-bond acceptors (Lipinski definition) is 4. The van der Waals surface area contributed by atoms with Crippen LogP contribution in [0.4, 0.5) is 0 Å². The minimum atomic E-state index is 0.0563. The van der Waals surface area contributed by atoms with Crippen molar-refractivity contribution >= 4 is 16.5 Å². The van der Waals surface area contributed by atoms with Gasteiger partial charge in [-0.2, -0.15) is 5.26 Å². The second kappa shape index (κ2) is 3.76. The van der Waals surface area contributed by atoms with Gasteiger partial charge in [0.15, 0.2) is 5.82 Å². The molecule has 0 fully saturated rings. The molecule has 72 valence electrons. The first kappa shape index (κ1) is 9.16. The largest absolute Gasteiger partial charge is 0.514 e. The van der Waals surface area contributed by atoms with E-state index in [2.05, 4.69) is 9.97 Å². The number of fused-ring (bicyclic) bond motifs is 1. The maximum Gasteiger partial charge on any atom is 0.173 e. The lowest BCUT2D eigenvalue weighted by Crippen LogP contribution is -1.93. The zero-order valence-corrected chi connectivity index (χ0v) is 7.75. The molecule has 1 N–H and O–H groups in total. The van der Waals surface area contributed by atoms with Crippen LogP contribution in [0.3, 0.4) is 0 Å². The van der Waals surface area contributed by atoms with E-state index in [-0.39, 0.29) is 11.4 Å². The average Bonchev–Trinajstić information content (AvgIpc) is 2.30. The van der Waals surface area contributed by atoms with Crippen molar-refractivity contribution in [3.05, 3.63) is 42.5 Å². The molecule has 1 aromatic carbocycles. The van der Waals surface area contributed by atoms with E-state index >= 15 is 0 Å². The molecule has 0 saturated heterocycles. The monoisotopic (exact) mass is 197 g/mol. The summed E-state index contributed by atoms with van der Waals surface area (Å²) in [5.74, 6) is 0.235. The molecule has 0 amide bonds. The standard InChI is InChI=1S/C11H7N3O/c12-5-9(7-15)11-13-6-8-3-1-2-4-10(8)14-11/h1-4,6-7,15H/b9-7+. The highest BCUT2D eigenvalue weighted by atomic mass is 16.2. The summed E-state index contributed by atoms with van der Waals surface area (Å²) in [5, 5.41) is 18.4. The van der Waals surface area contributed by atoms with Gasteiger partial charge in [-0.25, -0.2) is 9.97 Å². The van der Waals surface area contributed by atoms with Gasteiger partial charge < -0.3 is 5.11 Å². The highest BCUT2D eigenvalue weighted by molar-refractivity contribution is 5.80. The summed E-state index contributed by atoms with van der Waals surface area (Å²) in [4.78, 5) is 8.14. The van der Waals surface area contributed by atoms with Gasteiger partial charge in [0.05, 0.1) is 5.52 Å². The first-order chi connectivity index (χ1) is 7.35. The summed E-state index contributed by atoms with van der Waals surface area (Å²) in [6.07, 6.45) is 2.34. The predicted molar refractivity (Wildman–Crippen MR) is 55.8 cm³/mol. The molecule has 15 heavy (non-hydrogen) atoms. The third kappa shape index (κ3) is 1.63. The van der Waals surface area contributed by atoms with Crippen LogP contribution in [-0.2, 0) is 0 Å². The van der Waals surface area contributed by atoms with Gasteiger partial charge in [-0.3, -0.25) is 0 Å². The van der Waals surface area contributed by atoms with Crippen LogP contribution in [0.25, 0.3) is 16.5 Å². The van der Waals surface area contributed by atoms with Crippen LogP contribution in [0.15, 0.2) is 36.7 Å². The van der Waals surface area contributed by atoms with E-state index in [1.54, 1.807) is 6.20 Å². The molecule has 1 heterocycles. The van der Waals surface area contributed by atoms with Gasteiger partial charge in [0.2, 0.25) is 0 Å². The summed E-state index contributed by atoms with van der Waals surface area (Å²) in [6.45, 7) is 0. The van der Waals surface area contributed by atoms with Crippen LogP contribution in [0.2, 0.25) is 0 Å². The average molecular weight is 197 g/mol. The van der Waals surface area contributed by atoms with E-state index in [0.717, 1.165) is 10.9 Å². The fourth-order valence-electron chi connectivity index (χ4n) is 1.24. The fourth-order valence-corrected chi connectivity index (χ4v) is 1.24. The number of rotatable bonds is 1. The number of aliphatic hydroxyl groups is 1. The predicted octanol–water partition coefficient (Wildman–Crippen LogP) is 2.05. The molecule has 0 aliphatic carbocycles. The van der Waals surface area contributed by atoms with Crippen LogP contribution in [0.1, 0.15) is 5.82 Å². The van der Waals surface area contributed by atoms with Crippen LogP contribution >= 0.6 is 0 Å². The molecule has 4 heteroatoms. The zero-order chi connectivity index (χ0) is 10.7. The van der Waals surface area contributed by atoms with Crippen LogP contribution in [0.5, 0.6) is 0 Å². The highest BCUT2D eigenvalue weighted by Gasteiger charge is 2.04. The fraction of sp³-hybridized carbons (Fsp3) is 0. The number of benzene rings is 1. The Kier molecular flexibility index (Phi) is 2.30. The molecule has 0 aliphatic rings. The van der Waals surface area contributed by atoms with Gasteiger partial charge in [-0.15, -0.1) is 0 Å². The van der Waals surface area contributed by atoms with E-state index in [1.165, 1.54) is 0 Å². The molecule has 2 rings (SSSR count). The molecule has 0 radical (unpaired) electrons. The summed E-state index contributed by atoms with van der Waals surface area (Å²) in [7, 11) is 0. The lowest BCUT2D eigenvalue weighted by molar-refractivity contribution is 0.476. The van der Waals surface area contributed by atoms with Crippen molar-refractivity contribution in [2.24, 2.45) is 0 Å². The topological polar surface area (TPSA) is 69.8 Å². The summed E-state index contributed by atoms with van der Waals surface area (Å²) < 4.78 is 0. The molecule has 0 spiro atoms. The maximum atomic E-state index is 8.79. The Morgan fingerprint density at radius 2 is 2.20 bits per heavy atom. The van der Waals surface area contributed by atoms with Gasteiger partial charge in [-0.1, -0.05) is 18.2 Å². The Morgan fingerprint density at radius 1 is 1.40 bits per heavy atom. The normalized spacial score (nSPS) is 11.3. The SMILES string of the molecule is N#C/C(=C\O)c1ncc2ccccc2n1. The van der Waals surface area contributed by atoms with Crippen molar-refractivity contribution in [2.45, 2.75) is 0 Å². The molecule has 2 aromatic rings. The summed E-state index contributed by atoms with van der Waals surface area (Å²) in [5.41, 5.74) is 0.804. The highest BCUT2D eigenvalue weighted by Crippen LogP contribution is 2.13. The number of nitriles is 1. The van der Waals surface area contributed by atoms with E-state index in [9.17, 15) is 0 Å². The maximum absolute atomic E-state index is 8.79. The van der Waals surface area contributed by atoms with Gasteiger partial charge in [0.25, 0.3) is 0 Å². The molecule has 0 aliphatic heterocycles. The zero-order valence-electron chi connectivity index (χ0n) is 7.75. The van der Waals surface area contributed by atoms with Crippen LogP contribution in [0, 0.1) is 11.3 Å². The van der Waals surface area contributed by atoms with Crippen molar-refractivity contribution in [3.8, 4) is 6.07 Å². The van der Waals surface area contributed by atoms with Gasteiger partial charge >= 0.3 is 0 Å². The molecule has 0 atom stereocenters. The minimum absolute atomic E-state index is 0.0563. The molecule has 0 saturated carbocycles. The molecule has 0 bridgehead atoms. The minimum Gasteiger partial charge on any atom is -0.514 e. The van der Waals surface area contributed by atoms with Crippen molar-refractivity contribution < 1.29 is 5.11 Å². The quantitative estimate of drug-likeness (QED) is 0.561. The summed E-state index contributed by atoms with van der Waals surface area (Å²) >= 11 is 0. The summed E-state index contributed by atoms with van der Waals surface area (Å²) in [6, 6.07) is 9.27. The Morgan fingerprint density at radius 3 is 2.93 bits per heavy atom. The Balaban J connectivity index is 2.62. The second-order valence-corrected chi connectivity index (χ2v) is 2.91. The van der Waals surface area contributed by atoms with Crippen molar-refractivity contribution in [1.82, 2.24) is 9.97 Å². The first-order valence-electron chi connectivity index (χ1n) is 4.32. The molecule has 4 nitrogen and oxygen atoms in total. The van der Waals surface area contributed by atoms with Gasteiger partial charge in [-0.05, 0) is 6.07 Å². The molecular formula is C11H7N3O. The van der Waals surface area contributed by atoms with Crippen molar-refractivity contribution in [2.75, 3.05) is 0 Å². The van der Waals surface area contributed by atoms with Crippen LogP contribution in [-0.4, -0.2) is 15.1 Å². The molecule has 1 aromatic heterocycles. The molecule has 0 unspecified atom stereocenters. The third-order valence-electron chi connectivity index (χ3n) is 1.98. The first-order valence-corrected chi connectivity index (χ1v) is 4.32. The van der Waals surface area contributed by atoms with E-state index in [0.29, 0.717) is 6.26 Å². The number of aliphatic hydroxyl groups excluding tert-OH is 1. The Labute approximate surface area is 86.1 Å². The number of para-hydroxylation sites is 1. The lowest BCUT2D eigenvalue weighted by Gasteiger charge is -1.98.